The molecule has 2 nitrogen and oxygen atoms in total. The molecule has 0 amide bonds. The average molecular weight is 256 g/mol. The summed E-state index contributed by atoms with van der Waals surface area (Å²) in [5.74, 6) is 1.34. The first-order valence-electron chi connectivity index (χ1n) is 6.12. The van der Waals surface area contributed by atoms with Gasteiger partial charge in [-0.2, -0.15) is 11.8 Å². The normalized spacial score (nSPS) is 23.2. The number of rotatable bonds is 5. The standard InChI is InChI=1S/C12H20N2S2/c1-2-14-11(7-10-8-13-9-16-10)12-5-3-4-6-15-12/h8-9,11-12,14H,2-7H2,1H3. The summed E-state index contributed by atoms with van der Waals surface area (Å²) in [5, 5.41) is 4.45. The number of hydrogen-bond donors (Lipinski definition) is 1. The fourth-order valence-electron chi connectivity index (χ4n) is 2.24. The van der Waals surface area contributed by atoms with E-state index < -0.39 is 0 Å². The molecule has 0 aliphatic carbocycles. The highest BCUT2D eigenvalue weighted by atomic mass is 32.2. The highest BCUT2D eigenvalue weighted by Gasteiger charge is 2.23. The molecule has 1 aromatic rings. The van der Waals surface area contributed by atoms with Crippen LogP contribution in [0.1, 0.15) is 31.1 Å². The van der Waals surface area contributed by atoms with Crippen LogP contribution in [0, 0.1) is 0 Å². The van der Waals surface area contributed by atoms with Crippen molar-refractivity contribution in [1.29, 1.82) is 0 Å². The van der Waals surface area contributed by atoms with E-state index in [2.05, 4.69) is 29.0 Å². The maximum absolute atomic E-state index is 4.16. The lowest BCUT2D eigenvalue weighted by atomic mass is 10.0. The van der Waals surface area contributed by atoms with Gasteiger partial charge in [0.1, 0.15) is 0 Å². The number of hydrogen-bond acceptors (Lipinski definition) is 4. The Balaban J connectivity index is 1.92. The largest absolute Gasteiger partial charge is 0.313 e. The molecule has 1 aliphatic heterocycles. The van der Waals surface area contributed by atoms with E-state index in [0.29, 0.717) is 6.04 Å². The van der Waals surface area contributed by atoms with Gasteiger partial charge in [-0.15, -0.1) is 11.3 Å². The number of nitrogens with zero attached hydrogens (tertiary/aromatic N) is 1. The predicted octanol–water partition coefficient (Wildman–Crippen LogP) is 2.95. The second-order valence-corrected chi connectivity index (χ2v) is 6.56. The molecule has 2 rings (SSSR count). The summed E-state index contributed by atoms with van der Waals surface area (Å²) in [6, 6.07) is 0.635. The molecule has 2 atom stereocenters. The minimum atomic E-state index is 0.635. The molecule has 0 bridgehead atoms. The van der Waals surface area contributed by atoms with Crippen molar-refractivity contribution in [3.8, 4) is 0 Å². The van der Waals surface area contributed by atoms with Crippen LogP contribution in [0.15, 0.2) is 11.7 Å². The van der Waals surface area contributed by atoms with Crippen molar-refractivity contribution in [2.45, 2.75) is 43.9 Å². The Morgan fingerprint density at radius 3 is 3.12 bits per heavy atom. The highest BCUT2D eigenvalue weighted by molar-refractivity contribution is 8.00. The summed E-state index contributed by atoms with van der Waals surface area (Å²) >= 11 is 3.94. The smallest absolute Gasteiger partial charge is 0.0794 e. The van der Waals surface area contributed by atoms with Gasteiger partial charge in [0.2, 0.25) is 0 Å². The lowest BCUT2D eigenvalue weighted by Gasteiger charge is -2.30. The second kappa shape index (κ2) is 6.62. The van der Waals surface area contributed by atoms with E-state index in [4.69, 9.17) is 0 Å². The van der Waals surface area contributed by atoms with Crippen molar-refractivity contribution >= 4 is 23.1 Å². The topological polar surface area (TPSA) is 24.9 Å². The summed E-state index contributed by atoms with van der Waals surface area (Å²) in [7, 11) is 0. The first-order valence-corrected chi connectivity index (χ1v) is 8.05. The SMILES string of the molecule is CCNC(Cc1cncs1)C1CCCCS1. The molecule has 16 heavy (non-hydrogen) atoms. The molecule has 2 unspecified atom stereocenters. The quantitative estimate of drug-likeness (QED) is 0.877. The van der Waals surface area contributed by atoms with Crippen molar-refractivity contribution in [3.63, 3.8) is 0 Å². The Kier molecular flexibility index (Phi) is 5.13. The minimum Gasteiger partial charge on any atom is -0.313 e. The van der Waals surface area contributed by atoms with Crippen LogP contribution in [0.3, 0.4) is 0 Å². The number of aromatic nitrogens is 1. The minimum absolute atomic E-state index is 0.635. The summed E-state index contributed by atoms with van der Waals surface area (Å²) < 4.78 is 0. The van der Waals surface area contributed by atoms with Gasteiger partial charge in [-0.25, -0.2) is 0 Å². The molecule has 1 saturated heterocycles. The lowest BCUT2D eigenvalue weighted by Crippen LogP contribution is -2.40. The van der Waals surface area contributed by atoms with E-state index in [0.717, 1.165) is 18.2 Å². The summed E-state index contributed by atoms with van der Waals surface area (Å²) in [5.41, 5.74) is 1.94. The van der Waals surface area contributed by atoms with Gasteiger partial charge in [-0.1, -0.05) is 13.3 Å². The van der Waals surface area contributed by atoms with Gasteiger partial charge >= 0.3 is 0 Å². The summed E-state index contributed by atoms with van der Waals surface area (Å²) in [6.45, 7) is 3.27. The molecule has 2 heterocycles. The van der Waals surface area contributed by atoms with Crippen molar-refractivity contribution in [3.05, 3.63) is 16.6 Å². The fourth-order valence-corrected chi connectivity index (χ4v) is 4.33. The molecule has 1 fully saturated rings. The zero-order chi connectivity index (χ0) is 11.2. The van der Waals surface area contributed by atoms with Gasteiger partial charge < -0.3 is 5.32 Å². The van der Waals surface area contributed by atoms with E-state index >= 15 is 0 Å². The van der Waals surface area contributed by atoms with Gasteiger partial charge in [0.15, 0.2) is 0 Å². The Labute approximate surface area is 106 Å². The van der Waals surface area contributed by atoms with Crippen LogP contribution in [-0.4, -0.2) is 28.6 Å². The van der Waals surface area contributed by atoms with E-state index in [1.54, 1.807) is 11.3 Å². The van der Waals surface area contributed by atoms with Crippen LogP contribution in [0.2, 0.25) is 0 Å². The predicted molar refractivity (Wildman–Crippen MR) is 73.4 cm³/mol. The fraction of sp³-hybridized carbons (Fsp3) is 0.750. The zero-order valence-corrected chi connectivity index (χ0v) is 11.4. The van der Waals surface area contributed by atoms with Gasteiger partial charge in [0.25, 0.3) is 0 Å². The molecule has 1 N–H and O–H groups in total. The van der Waals surface area contributed by atoms with Crippen LogP contribution >= 0.6 is 23.1 Å². The third-order valence-corrected chi connectivity index (χ3v) is 5.35. The average Bonchev–Trinajstić information content (AvgIpc) is 2.83. The van der Waals surface area contributed by atoms with E-state index in [1.165, 1.54) is 29.9 Å². The van der Waals surface area contributed by atoms with Gasteiger partial charge in [-0.05, 0) is 31.6 Å². The van der Waals surface area contributed by atoms with E-state index in [1.807, 2.05) is 11.7 Å². The molecular formula is C12H20N2S2. The van der Waals surface area contributed by atoms with E-state index in [-0.39, 0.29) is 0 Å². The van der Waals surface area contributed by atoms with Crippen LogP contribution in [0.5, 0.6) is 0 Å². The molecular weight excluding hydrogens is 236 g/mol. The zero-order valence-electron chi connectivity index (χ0n) is 9.82. The number of nitrogens with one attached hydrogen (secondary N) is 1. The number of likely N-dealkylation sites (N-methyl/N-ethyl adjacent to an activating group) is 1. The maximum atomic E-state index is 4.16. The Morgan fingerprint density at radius 1 is 1.56 bits per heavy atom. The lowest BCUT2D eigenvalue weighted by molar-refractivity contribution is 0.474. The molecule has 0 saturated carbocycles. The van der Waals surface area contributed by atoms with Gasteiger partial charge in [0.05, 0.1) is 5.51 Å². The van der Waals surface area contributed by atoms with Crippen LogP contribution < -0.4 is 5.32 Å². The Bertz CT molecular complexity index is 281. The van der Waals surface area contributed by atoms with Crippen molar-refractivity contribution in [2.75, 3.05) is 12.3 Å². The monoisotopic (exact) mass is 256 g/mol. The van der Waals surface area contributed by atoms with Crippen LogP contribution in [0.25, 0.3) is 0 Å². The van der Waals surface area contributed by atoms with Crippen molar-refractivity contribution in [1.82, 2.24) is 10.3 Å². The highest BCUT2D eigenvalue weighted by Crippen LogP contribution is 2.29. The Hall–Kier alpha value is -0.0600. The molecule has 90 valence electrons. The molecule has 4 heteroatoms. The van der Waals surface area contributed by atoms with Gasteiger partial charge in [0, 0.05) is 22.4 Å². The molecule has 0 aromatic carbocycles. The third kappa shape index (κ3) is 3.47. The molecule has 1 aromatic heterocycles. The molecule has 1 aliphatic rings. The Morgan fingerprint density at radius 2 is 2.50 bits per heavy atom. The van der Waals surface area contributed by atoms with Crippen molar-refractivity contribution < 1.29 is 0 Å². The number of thiazole rings is 1. The summed E-state index contributed by atoms with van der Waals surface area (Å²) in [6.07, 6.45) is 7.35. The third-order valence-electron chi connectivity index (χ3n) is 3.03. The second-order valence-electron chi connectivity index (χ2n) is 4.24. The number of thioether (sulfide) groups is 1. The maximum Gasteiger partial charge on any atom is 0.0794 e. The van der Waals surface area contributed by atoms with Crippen LogP contribution in [0.4, 0.5) is 0 Å². The first-order chi connectivity index (χ1) is 7.90. The van der Waals surface area contributed by atoms with Crippen molar-refractivity contribution in [2.24, 2.45) is 0 Å². The van der Waals surface area contributed by atoms with Crippen LogP contribution in [-0.2, 0) is 6.42 Å². The first kappa shape index (κ1) is 12.4. The van der Waals surface area contributed by atoms with E-state index in [9.17, 15) is 0 Å². The molecule has 0 spiro atoms. The summed E-state index contributed by atoms with van der Waals surface area (Å²) in [4.78, 5) is 5.58. The van der Waals surface area contributed by atoms with Gasteiger partial charge in [-0.3, -0.25) is 4.98 Å². The molecule has 0 radical (unpaired) electrons.